The van der Waals surface area contributed by atoms with Crippen LogP contribution in [0, 0.1) is 0 Å². The summed E-state index contributed by atoms with van der Waals surface area (Å²) in [5.74, 6) is 0.809. The molecule has 158 valence electrons. The van der Waals surface area contributed by atoms with E-state index in [9.17, 15) is 4.57 Å². The van der Waals surface area contributed by atoms with E-state index in [0.717, 1.165) is 32.8 Å². The van der Waals surface area contributed by atoms with E-state index in [2.05, 4.69) is 41.0 Å². The van der Waals surface area contributed by atoms with Gasteiger partial charge in [-0.15, -0.1) is 0 Å². The lowest BCUT2D eigenvalue weighted by Gasteiger charge is -2.20. The monoisotopic (exact) mass is 444 g/mol. The van der Waals surface area contributed by atoms with Crippen LogP contribution in [0.1, 0.15) is 0 Å². The highest BCUT2D eigenvalue weighted by atomic mass is 31.2. The minimum Gasteiger partial charge on any atom is -0.309 e. The first-order chi connectivity index (χ1) is 16.3. The van der Waals surface area contributed by atoms with Crippen LogP contribution in [0.3, 0.4) is 0 Å². The molecule has 0 spiro atoms. The number of benzene rings is 4. The van der Waals surface area contributed by atoms with E-state index in [1.165, 1.54) is 10.8 Å². The van der Waals surface area contributed by atoms with Crippen LogP contribution in [-0.4, -0.2) is 9.55 Å². The molecule has 0 N–H and O–H groups in total. The summed E-state index contributed by atoms with van der Waals surface area (Å²) in [6, 6.07) is 40.1. The lowest BCUT2D eigenvalue weighted by Crippen LogP contribution is -2.25. The topological polar surface area (TPSA) is 34.9 Å². The maximum atomic E-state index is 14.6. The summed E-state index contributed by atoms with van der Waals surface area (Å²) in [5, 5.41) is 4.73. The van der Waals surface area contributed by atoms with E-state index in [1.54, 1.807) is 6.20 Å². The Morgan fingerprint density at radius 3 is 1.48 bits per heavy atom. The van der Waals surface area contributed by atoms with Gasteiger partial charge in [-0.3, -0.25) is 4.57 Å². The Balaban J connectivity index is 1.55. The van der Waals surface area contributed by atoms with Crippen molar-refractivity contribution in [3.05, 3.63) is 128 Å². The van der Waals surface area contributed by atoms with Gasteiger partial charge in [-0.25, -0.2) is 4.98 Å². The van der Waals surface area contributed by atoms with Crippen LogP contribution >= 0.6 is 7.14 Å². The molecule has 0 saturated heterocycles. The van der Waals surface area contributed by atoms with Crippen LogP contribution in [0.15, 0.2) is 128 Å². The number of rotatable bonds is 4. The van der Waals surface area contributed by atoms with Gasteiger partial charge >= 0.3 is 0 Å². The Kier molecular flexibility index (Phi) is 4.71. The third-order valence-electron chi connectivity index (χ3n) is 6.14. The van der Waals surface area contributed by atoms with Gasteiger partial charge in [0.1, 0.15) is 5.82 Å². The summed E-state index contributed by atoms with van der Waals surface area (Å²) < 4.78 is 16.8. The standard InChI is InChI=1S/C29H21N2OP/c32-33(22-11-3-1-4-12-22,23-13-5-2-6-14-23)24-19-20-29(30-21-24)31-27-17-9-7-15-25(27)26-16-8-10-18-28(26)31/h1-21H. The molecule has 0 radical (unpaired) electrons. The second-order valence-corrected chi connectivity index (χ2v) is 10.8. The lowest BCUT2D eigenvalue weighted by atomic mass is 10.2. The van der Waals surface area contributed by atoms with Crippen molar-refractivity contribution < 1.29 is 4.57 Å². The maximum Gasteiger partial charge on any atom is 0.172 e. The molecule has 0 aliphatic heterocycles. The normalized spacial score (nSPS) is 11.8. The fourth-order valence-corrected chi connectivity index (χ4v) is 7.17. The number of hydrogen-bond acceptors (Lipinski definition) is 2. The molecule has 4 aromatic carbocycles. The van der Waals surface area contributed by atoms with Crippen LogP contribution < -0.4 is 15.9 Å². The van der Waals surface area contributed by atoms with E-state index in [-0.39, 0.29) is 0 Å². The third-order valence-corrected chi connectivity index (χ3v) is 9.19. The molecular weight excluding hydrogens is 423 g/mol. The highest BCUT2D eigenvalue weighted by molar-refractivity contribution is 7.85. The average Bonchev–Trinajstić information content (AvgIpc) is 3.24. The molecule has 0 aliphatic carbocycles. The molecule has 0 fully saturated rings. The van der Waals surface area contributed by atoms with Gasteiger partial charge in [-0.05, 0) is 24.3 Å². The summed E-state index contributed by atoms with van der Waals surface area (Å²) in [7, 11) is -3.04. The van der Waals surface area contributed by atoms with Gasteiger partial charge in [-0.1, -0.05) is 97.1 Å². The molecule has 0 aliphatic rings. The van der Waals surface area contributed by atoms with E-state index >= 15 is 0 Å². The van der Waals surface area contributed by atoms with E-state index in [4.69, 9.17) is 4.98 Å². The first-order valence-corrected chi connectivity index (χ1v) is 12.6. The summed E-state index contributed by atoms with van der Waals surface area (Å²) >= 11 is 0. The molecule has 2 heterocycles. The smallest absolute Gasteiger partial charge is 0.172 e. The molecule has 2 aromatic heterocycles. The molecule has 3 nitrogen and oxygen atoms in total. The zero-order chi connectivity index (χ0) is 22.3. The number of aromatic nitrogens is 2. The molecule has 0 amide bonds. The number of fused-ring (bicyclic) bond motifs is 3. The number of pyridine rings is 1. The summed E-state index contributed by atoms with van der Waals surface area (Å²) in [6.07, 6.45) is 1.78. The van der Waals surface area contributed by atoms with Gasteiger partial charge in [-0.2, -0.15) is 0 Å². The van der Waals surface area contributed by atoms with E-state index in [1.807, 2.05) is 84.9 Å². The highest BCUT2D eigenvalue weighted by Crippen LogP contribution is 2.42. The maximum absolute atomic E-state index is 14.6. The average molecular weight is 444 g/mol. The molecule has 0 bridgehead atoms. The van der Waals surface area contributed by atoms with Gasteiger partial charge in [0.2, 0.25) is 0 Å². The van der Waals surface area contributed by atoms with Crippen molar-refractivity contribution in [2.45, 2.75) is 0 Å². The van der Waals surface area contributed by atoms with Gasteiger partial charge in [0.25, 0.3) is 0 Å². The molecule has 6 rings (SSSR count). The first kappa shape index (κ1) is 19.7. The number of hydrogen-bond donors (Lipinski definition) is 0. The van der Waals surface area contributed by atoms with E-state index < -0.39 is 7.14 Å². The van der Waals surface area contributed by atoms with Gasteiger partial charge in [0.05, 0.1) is 11.0 Å². The molecule has 33 heavy (non-hydrogen) atoms. The molecule has 6 aromatic rings. The van der Waals surface area contributed by atoms with Crippen molar-refractivity contribution in [1.82, 2.24) is 9.55 Å². The second kappa shape index (κ2) is 7.88. The predicted molar refractivity (Wildman–Crippen MR) is 138 cm³/mol. The Hall–Kier alpha value is -3.94. The van der Waals surface area contributed by atoms with Crippen molar-refractivity contribution >= 4 is 44.9 Å². The zero-order valence-electron chi connectivity index (χ0n) is 17.9. The van der Waals surface area contributed by atoms with Gasteiger partial charge in [0.15, 0.2) is 7.14 Å². The lowest BCUT2D eigenvalue weighted by molar-refractivity contribution is 0.592. The highest BCUT2D eigenvalue weighted by Gasteiger charge is 2.30. The van der Waals surface area contributed by atoms with E-state index in [0.29, 0.717) is 0 Å². The summed E-state index contributed by atoms with van der Waals surface area (Å²) in [6.45, 7) is 0. The Bertz CT molecular complexity index is 1520. The summed E-state index contributed by atoms with van der Waals surface area (Å²) in [5.41, 5.74) is 2.21. The largest absolute Gasteiger partial charge is 0.309 e. The van der Waals surface area contributed by atoms with Crippen molar-refractivity contribution in [3.63, 3.8) is 0 Å². The fraction of sp³-hybridized carbons (Fsp3) is 0. The minimum absolute atomic E-state index is 0.726. The summed E-state index contributed by atoms with van der Waals surface area (Å²) in [4.78, 5) is 4.83. The molecular formula is C29H21N2OP. The van der Waals surface area contributed by atoms with Crippen molar-refractivity contribution in [2.24, 2.45) is 0 Å². The molecule has 0 saturated carbocycles. The zero-order valence-corrected chi connectivity index (χ0v) is 18.8. The van der Waals surface area contributed by atoms with Crippen molar-refractivity contribution in [1.29, 1.82) is 0 Å². The van der Waals surface area contributed by atoms with Crippen molar-refractivity contribution in [3.8, 4) is 5.82 Å². The van der Waals surface area contributed by atoms with Crippen LogP contribution in [0.25, 0.3) is 27.6 Å². The SMILES string of the molecule is O=P(c1ccccc1)(c1ccccc1)c1ccc(-n2c3ccccc3c3ccccc32)nc1. The first-order valence-electron chi connectivity index (χ1n) is 10.9. The third kappa shape index (κ3) is 3.13. The van der Waals surface area contributed by atoms with Crippen LogP contribution in [0.2, 0.25) is 0 Å². The van der Waals surface area contributed by atoms with Crippen LogP contribution in [-0.2, 0) is 4.57 Å². The fourth-order valence-electron chi connectivity index (χ4n) is 4.59. The minimum atomic E-state index is -3.04. The Morgan fingerprint density at radius 1 is 0.515 bits per heavy atom. The second-order valence-electron chi connectivity index (χ2n) is 8.02. The van der Waals surface area contributed by atoms with Crippen molar-refractivity contribution in [2.75, 3.05) is 0 Å². The van der Waals surface area contributed by atoms with Crippen LogP contribution in [0.4, 0.5) is 0 Å². The molecule has 4 heteroatoms. The van der Waals surface area contributed by atoms with Crippen LogP contribution in [0.5, 0.6) is 0 Å². The molecule has 0 unspecified atom stereocenters. The molecule has 0 atom stereocenters. The van der Waals surface area contributed by atoms with Gasteiger partial charge < -0.3 is 4.57 Å². The quantitative estimate of drug-likeness (QED) is 0.321. The number of nitrogens with zero attached hydrogens (tertiary/aromatic N) is 2. The Morgan fingerprint density at radius 2 is 1.00 bits per heavy atom. The number of para-hydroxylation sites is 2. The Labute approximate surface area is 192 Å². The predicted octanol–water partition coefficient (Wildman–Crippen LogP) is 5.82. The van der Waals surface area contributed by atoms with Gasteiger partial charge in [0, 0.05) is 32.9 Å².